The lowest BCUT2D eigenvalue weighted by Crippen LogP contribution is -2.42. The van der Waals surface area contributed by atoms with Crippen molar-refractivity contribution in [3.05, 3.63) is 77.4 Å². The number of alkyl halides is 3. The number of nitrogens with zero attached hydrogens (tertiary/aromatic N) is 1. The number of nitrogens with two attached hydrogens (primary N) is 1. The predicted molar refractivity (Wildman–Crippen MR) is 135 cm³/mol. The summed E-state index contributed by atoms with van der Waals surface area (Å²) in [5.41, 5.74) is 4.11. The van der Waals surface area contributed by atoms with Crippen LogP contribution in [0.4, 0.5) is 34.6 Å². The molecule has 4 N–H and O–H groups in total. The summed E-state index contributed by atoms with van der Waals surface area (Å²) in [6, 6.07) is 8.67. The van der Waals surface area contributed by atoms with Crippen molar-refractivity contribution in [3.63, 3.8) is 0 Å². The minimum Gasteiger partial charge on any atom is -0.497 e. The van der Waals surface area contributed by atoms with Gasteiger partial charge >= 0.3 is 6.18 Å². The fourth-order valence-electron chi connectivity index (χ4n) is 4.31. The number of nitrogen functional groups attached to an aromatic ring is 1. The van der Waals surface area contributed by atoms with E-state index in [2.05, 4.69) is 15.6 Å². The standard InChI is InChI=1S/C27H26F4N4O4/c1-38-20-4-5-23(21(10-20)27(29,30)31)35-19-3-2-16(22(28)9-19)13-34-25(37)26(6-7-39-15-26)11-24(36)17-8-18(32)14-33-12-17/h2-5,8-10,12,14,35H,6-7,11,13,15,32H2,1H3,(H,34,37)/t26-/m0/s1. The van der Waals surface area contributed by atoms with Crippen molar-refractivity contribution >= 4 is 28.8 Å². The number of amides is 1. The molecule has 39 heavy (non-hydrogen) atoms. The zero-order valence-electron chi connectivity index (χ0n) is 20.9. The normalized spacial score (nSPS) is 17.1. The van der Waals surface area contributed by atoms with E-state index in [0.29, 0.717) is 12.1 Å². The number of rotatable bonds is 9. The molecule has 1 amide bonds. The minimum atomic E-state index is -4.66. The molecular formula is C27H26F4N4O4. The summed E-state index contributed by atoms with van der Waals surface area (Å²) in [6.45, 7) is 0.113. The Morgan fingerprint density at radius 3 is 2.59 bits per heavy atom. The number of carbonyl (C=O) groups is 2. The monoisotopic (exact) mass is 546 g/mol. The summed E-state index contributed by atoms with van der Waals surface area (Å²) in [7, 11) is 1.26. The molecule has 1 saturated heterocycles. The summed E-state index contributed by atoms with van der Waals surface area (Å²) in [6.07, 6.45) is -1.73. The molecule has 0 saturated carbocycles. The summed E-state index contributed by atoms with van der Waals surface area (Å²) in [5.74, 6) is -1.50. The number of hydrogen-bond donors (Lipinski definition) is 3. The Balaban J connectivity index is 1.45. The van der Waals surface area contributed by atoms with Crippen LogP contribution in [0.5, 0.6) is 5.75 Å². The largest absolute Gasteiger partial charge is 0.497 e. The first-order chi connectivity index (χ1) is 18.5. The molecule has 1 fully saturated rings. The minimum absolute atomic E-state index is 0.0229. The summed E-state index contributed by atoms with van der Waals surface area (Å²) in [4.78, 5) is 29.9. The lowest BCUT2D eigenvalue weighted by atomic mass is 9.80. The molecule has 0 spiro atoms. The Hall–Kier alpha value is -4.19. The molecule has 12 heteroatoms. The summed E-state index contributed by atoms with van der Waals surface area (Å²) >= 11 is 0. The van der Waals surface area contributed by atoms with E-state index < -0.39 is 28.9 Å². The fourth-order valence-corrected chi connectivity index (χ4v) is 4.31. The van der Waals surface area contributed by atoms with Crippen molar-refractivity contribution in [3.8, 4) is 5.75 Å². The van der Waals surface area contributed by atoms with E-state index in [4.69, 9.17) is 15.2 Å². The molecule has 1 aromatic heterocycles. The van der Waals surface area contributed by atoms with Gasteiger partial charge in [0.15, 0.2) is 5.78 Å². The molecule has 1 aliphatic rings. The molecule has 4 rings (SSSR count). The average molecular weight is 547 g/mol. The molecule has 0 aliphatic carbocycles. The van der Waals surface area contributed by atoms with Gasteiger partial charge in [0.25, 0.3) is 0 Å². The Morgan fingerprint density at radius 1 is 1.15 bits per heavy atom. The maximum Gasteiger partial charge on any atom is 0.418 e. The number of carbonyl (C=O) groups excluding carboxylic acids is 2. The van der Waals surface area contributed by atoms with Gasteiger partial charge in [-0.15, -0.1) is 0 Å². The van der Waals surface area contributed by atoms with E-state index in [1.54, 1.807) is 0 Å². The molecular weight excluding hydrogens is 520 g/mol. The molecule has 0 unspecified atom stereocenters. The molecule has 2 heterocycles. The van der Waals surface area contributed by atoms with Crippen LogP contribution >= 0.6 is 0 Å². The predicted octanol–water partition coefficient (Wildman–Crippen LogP) is 4.87. The van der Waals surface area contributed by atoms with Crippen molar-refractivity contribution in [2.24, 2.45) is 5.41 Å². The van der Waals surface area contributed by atoms with Gasteiger partial charge in [-0.1, -0.05) is 6.07 Å². The Kier molecular flexibility index (Phi) is 8.05. The van der Waals surface area contributed by atoms with E-state index >= 15 is 0 Å². The van der Waals surface area contributed by atoms with Crippen molar-refractivity contribution in [1.29, 1.82) is 0 Å². The van der Waals surface area contributed by atoms with E-state index in [1.807, 2.05) is 0 Å². The van der Waals surface area contributed by atoms with Crippen LogP contribution in [-0.4, -0.2) is 37.0 Å². The number of nitrogens with one attached hydrogen (secondary N) is 2. The van der Waals surface area contributed by atoms with Crippen LogP contribution in [0.15, 0.2) is 54.9 Å². The highest BCUT2D eigenvalue weighted by atomic mass is 19.4. The number of methoxy groups -OCH3 is 1. The first kappa shape index (κ1) is 27.8. The van der Waals surface area contributed by atoms with Crippen molar-refractivity contribution in [2.45, 2.75) is 25.6 Å². The van der Waals surface area contributed by atoms with Crippen molar-refractivity contribution < 1.29 is 36.6 Å². The number of hydrogen-bond acceptors (Lipinski definition) is 7. The number of anilines is 3. The molecule has 8 nitrogen and oxygen atoms in total. The van der Waals surface area contributed by atoms with Gasteiger partial charge in [0.2, 0.25) is 5.91 Å². The highest BCUT2D eigenvalue weighted by Gasteiger charge is 2.44. The molecule has 1 atom stereocenters. The third-order valence-electron chi connectivity index (χ3n) is 6.47. The van der Waals surface area contributed by atoms with Crippen LogP contribution < -0.4 is 21.1 Å². The lowest BCUT2D eigenvalue weighted by Gasteiger charge is -2.25. The van der Waals surface area contributed by atoms with Crippen molar-refractivity contribution in [1.82, 2.24) is 10.3 Å². The lowest BCUT2D eigenvalue weighted by molar-refractivity contribution is -0.137. The van der Waals surface area contributed by atoms with Crippen LogP contribution in [-0.2, 0) is 22.3 Å². The van der Waals surface area contributed by atoms with Gasteiger partial charge in [-0.3, -0.25) is 14.6 Å². The van der Waals surface area contributed by atoms with Crippen LogP contribution in [0.2, 0.25) is 0 Å². The van der Waals surface area contributed by atoms with E-state index in [0.717, 1.165) is 12.1 Å². The number of aromatic nitrogens is 1. The zero-order valence-corrected chi connectivity index (χ0v) is 20.9. The van der Waals surface area contributed by atoms with Crippen LogP contribution in [0.1, 0.15) is 34.3 Å². The Morgan fingerprint density at radius 2 is 1.95 bits per heavy atom. The quantitative estimate of drug-likeness (QED) is 0.259. The number of Topliss-reactive ketones (excluding diaryl/α,β-unsaturated/α-hetero) is 1. The average Bonchev–Trinajstić information content (AvgIpc) is 3.37. The van der Waals surface area contributed by atoms with Crippen molar-refractivity contribution in [2.75, 3.05) is 31.4 Å². The Labute approximate surface area is 221 Å². The topological polar surface area (TPSA) is 116 Å². The first-order valence-corrected chi connectivity index (χ1v) is 11.9. The van der Waals surface area contributed by atoms with Gasteiger partial charge in [0.05, 0.1) is 36.1 Å². The highest BCUT2D eigenvalue weighted by Crippen LogP contribution is 2.38. The number of halogens is 4. The SMILES string of the molecule is COc1ccc(Nc2ccc(CNC(=O)[C@]3(CC(=O)c4cncc(N)c4)CCOC3)c(F)c2)c(C(F)(F)F)c1. The fraction of sp³-hybridized carbons (Fsp3) is 0.296. The number of ketones is 1. The zero-order chi connectivity index (χ0) is 28.2. The molecule has 2 aromatic carbocycles. The molecule has 0 bridgehead atoms. The van der Waals surface area contributed by atoms with Gasteiger partial charge in [-0.2, -0.15) is 13.2 Å². The van der Waals surface area contributed by atoms with Gasteiger partial charge in [0.1, 0.15) is 11.6 Å². The molecule has 206 valence electrons. The van der Waals surface area contributed by atoms with Gasteiger partial charge in [-0.05, 0) is 42.8 Å². The number of ether oxygens (including phenoxy) is 2. The van der Waals surface area contributed by atoms with Gasteiger partial charge < -0.3 is 25.8 Å². The third-order valence-corrected chi connectivity index (χ3v) is 6.47. The smallest absolute Gasteiger partial charge is 0.418 e. The van der Waals surface area contributed by atoms with E-state index in [1.165, 1.54) is 49.8 Å². The second kappa shape index (κ2) is 11.3. The Bertz CT molecular complexity index is 1370. The van der Waals surface area contributed by atoms with Crippen LogP contribution in [0.3, 0.4) is 0 Å². The maximum absolute atomic E-state index is 14.9. The summed E-state index contributed by atoms with van der Waals surface area (Å²) in [5, 5.41) is 5.25. The summed E-state index contributed by atoms with van der Waals surface area (Å²) < 4.78 is 65.6. The number of benzene rings is 2. The van der Waals surface area contributed by atoms with Gasteiger partial charge in [0, 0.05) is 48.8 Å². The second-order valence-electron chi connectivity index (χ2n) is 9.21. The second-order valence-corrected chi connectivity index (χ2v) is 9.21. The molecule has 3 aromatic rings. The van der Waals surface area contributed by atoms with E-state index in [9.17, 15) is 27.2 Å². The molecule has 0 radical (unpaired) electrons. The van der Waals surface area contributed by atoms with Gasteiger partial charge in [-0.25, -0.2) is 4.39 Å². The van der Waals surface area contributed by atoms with E-state index in [-0.39, 0.29) is 60.2 Å². The third kappa shape index (κ3) is 6.45. The highest BCUT2D eigenvalue weighted by molar-refractivity contribution is 6.00. The van der Waals surface area contributed by atoms with Crippen LogP contribution in [0, 0.1) is 11.2 Å². The van der Waals surface area contributed by atoms with Crippen LogP contribution in [0.25, 0.3) is 0 Å². The molecule has 1 aliphatic heterocycles. The first-order valence-electron chi connectivity index (χ1n) is 11.9. The number of pyridine rings is 1. The maximum atomic E-state index is 14.9.